The Morgan fingerprint density at radius 1 is 0.580 bits per heavy atom. The zero-order valence-electron chi connectivity index (χ0n) is 27.9. The van der Waals surface area contributed by atoms with Gasteiger partial charge in [0.15, 0.2) is 0 Å². The van der Waals surface area contributed by atoms with Crippen LogP contribution in [0.3, 0.4) is 0 Å². The highest BCUT2D eigenvalue weighted by Gasteiger charge is 2.35. The summed E-state index contributed by atoms with van der Waals surface area (Å²) in [6, 6.07) is 44.1. The minimum atomic E-state index is 0.216. The van der Waals surface area contributed by atoms with Crippen LogP contribution in [0.1, 0.15) is 47.4 Å². The van der Waals surface area contributed by atoms with E-state index >= 15 is 0 Å². The van der Waals surface area contributed by atoms with Crippen molar-refractivity contribution in [2.24, 2.45) is 5.92 Å². The molecule has 0 N–H and O–H groups in total. The van der Waals surface area contributed by atoms with E-state index < -0.39 is 0 Å². The SMILES string of the molecule is C1=CC2C3=C(CCC(c4cccc5c4oc4ccccc45)=C3)c3ccc(C4=CC=CC(N(c5ccccc5)c5ccccc5)C4)cc3C2C=C1. The maximum Gasteiger partial charge on any atom is 0.142 e. The number of para-hydroxylation sites is 4. The molecule has 2 heteroatoms. The number of hydrogen-bond donors (Lipinski definition) is 0. The van der Waals surface area contributed by atoms with Gasteiger partial charge in [0.25, 0.3) is 0 Å². The van der Waals surface area contributed by atoms with Crippen LogP contribution in [0.25, 0.3) is 38.7 Å². The third-order valence-corrected chi connectivity index (χ3v) is 11.1. The first kappa shape index (κ1) is 29.1. The Bertz CT molecular complexity index is 2430. The van der Waals surface area contributed by atoms with Gasteiger partial charge in [0.1, 0.15) is 11.2 Å². The summed E-state index contributed by atoms with van der Waals surface area (Å²) in [5, 5.41) is 2.38. The molecule has 5 aromatic carbocycles. The highest BCUT2D eigenvalue weighted by atomic mass is 16.3. The van der Waals surface area contributed by atoms with E-state index in [-0.39, 0.29) is 6.04 Å². The Labute approximate surface area is 293 Å². The Morgan fingerprint density at radius 3 is 2.14 bits per heavy atom. The molecule has 0 amide bonds. The second kappa shape index (κ2) is 11.9. The number of furan rings is 1. The predicted molar refractivity (Wildman–Crippen MR) is 209 cm³/mol. The molecule has 0 radical (unpaired) electrons. The molecule has 2 nitrogen and oxygen atoms in total. The molecule has 0 aliphatic heterocycles. The van der Waals surface area contributed by atoms with Crippen LogP contribution in [0.4, 0.5) is 11.4 Å². The topological polar surface area (TPSA) is 16.4 Å². The largest absolute Gasteiger partial charge is 0.455 e. The van der Waals surface area contributed by atoms with Crippen LogP contribution in [-0.4, -0.2) is 6.04 Å². The highest BCUT2D eigenvalue weighted by molar-refractivity contribution is 6.08. The molecule has 3 unspecified atom stereocenters. The molecule has 50 heavy (non-hydrogen) atoms. The lowest BCUT2D eigenvalue weighted by molar-refractivity contribution is 0.655. The lowest BCUT2D eigenvalue weighted by Gasteiger charge is -2.38. The number of allylic oxidation sites excluding steroid dienone is 10. The van der Waals surface area contributed by atoms with Crippen molar-refractivity contribution in [3.8, 4) is 0 Å². The van der Waals surface area contributed by atoms with Gasteiger partial charge in [-0.15, -0.1) is 0 Å². The average Bonchev–Trinajstić information content (AvgIpc) is 3.58. The van der Waals surface area contributed by atoms with Gasteiger partial charge in [0, 0.05) is 39.5 Å². The Morgan fingerprint density at radius 2 is 1.32 bits per heavy atom. The zero-order valence-corrected chi connectivity index (χ0v) is 27.9. The number of hydrogen-bond acceptors (Lipinski definition) is 2. The number of rotatable bonds is 5. The van der Waals surface area contributed by atoms with Crippen molar-refractivity contribution >= 4 is 50.0 Å². The van der Waals surface area contributed by atoms with E-state index in [0.717, 1.165) is 30.4 Å². The second-order valence-corrected chi connectivity index (χ2v) is 13.9. The molecule has 3 atom stereocenters. The molecule has 10 rings (SSSR count). The van der Waals surface area contributed by atoms with Gasteiger partial charge in [-0.05, 0) is 88.6 Å². The maximum atomic E-state index is 6.48. The van der Waals surface area contributed by atoms with Gasteiger partial charge in [0.2, 0.25) is 0 Å². The lowest BCUT2D eigenvalue weighted by Crippen LogP contribution is -2.30. The summed E-state index contributed by atoms with van der Waals surface area (Å²) in [6.07, 6.45) is 21.7. The van der Waals surface area contributed by atoms with Crippen LogP contribution < -0.4 is 4.90 Å². The first-order valence-electron chi connectivity index (χ1n) is 17.9. The van der Waals surface area contributed by atoms with Crippen molar-refractivity contribution < 1.29 is 4.42 Å². The Hall–Kier alpha value is -5.86. The summed E-state index contributed by atoms with van der Waals surface area (Å²) in [5.41, 5.74) is 15.5. The number of fused-ring (bicyclic) bond motifs is 8. The molecule has 4 aliphatic carbocycles. The van der Waals surface area contributed by atoms with E-state index in [1.165, 1.54) is 66.7 Å². The molecular formula is C48H37NO. The highest BCUT2D eigenvalue weighted by Crippen LogP contribution is 2.52. The Kier molecular flexibility index (Phi) is 6.94. The summed E-state index contributed by atoms with van der Waals surface area (Å²) in [6.45, 7) is 0. The lowest BCUT2D eigenvalue weighted by atomic mass is 9.66. The van der Waals surface area contributed by atoms with Gasteiger partial charge in [-0.3, -0.25) is 0 Å². The predicted octanol–water partition coefficient (Wildman–Crippen LogP) is 12.6. The minimum absolute atomic E-state index is 0.216. The van der Waals surface area contributed by atoms with Crippen LogP contribution in [0.2, 0.25) is 0 Å². The van der Waals surface area contributed by atoms with Gasteiger partial charge in [-0.25, -0.2) is 0 Å². The Balaban J connectivity index is 1.02. The fraction of sp³-hybridized carbons (Fsp3) is 0.125. The molecule has 0 saturated carbocycles. The fourth-order valence-electron chi connectivity index (χ4n) is 8.83. The summed E-state index contributed by atoms with van der Waals surface area (Å²) in [4.78, 5) is 2.47. The van der Waals surface area contributed by atoms with Gasteiger partial charge < -0.3 is 9.32 Å². The van der Waals surface area contributed by atoms with E-state index in [9.17, 15) is 0 Å². The third-order valence-electron chi connectivity index (χ3n) is 11.1. The monoisotopic (exact) mass is 643 g/mol. The second-order valence-electron chi connectivity index (χ2n) is 13.9. The van der Waals surface area contributed by atoms with Gasteiger partial charge >= 0.3 is 0 Å². The molecule has 0 fully saturated rings. The molecule has 0 bridgehead atoms. The van der Waals surface area contributed by atoms with Gasteiger partial charge in [0.05, 0.1) is 6.04 Å². The quantitative estimate of drug-likeness (QED) is 0.186. The summed E-state index contributed by atoms with van der Waals surface area (Å²) in [5.74, 6) is 0.634. The van der Waals surface area contributed by atoms with Crippen LogP contribution in [0, 0.1) is 5.92 Å². The van der Waals surface area contributed by atoms with E-state index in [1.807, 2.05) is 0 Å². The summed E-state index contributed by atoms with van der Waals surface area (Å²) >= 11 is 0. The van der Waals surface area contributed by atoms with Crippen molar-refractivity contribution in [2.75, 3.05) is 4.90 Å². The smallest absolute Gasteiger partial charge is 0.142 e. The van der Waals surface area contributed by atoms with Gasteiger partial charge in [-0.2, -0.15) is 0 Å². The third kappa shape index (κ3) is 4.78. The molecule has 0 saturated heterocycles. The van der Waals surface area contributed by atoms with Crippen molar-refractivity contribution in [3.63, 3.8) is 0 Å². The van der Waals surface area contributed by atoms with E-state index in [0.29, 0.717) is 11.8 Å². The minimum Gasteiger partial charge on any atom is -0.455 e. The van der Waals surface area contributed by atoms with Crippen LogP contribution in [0.15, 0.2) is 180 Å². The number of nitrogens with zero attached hydrogens (tertiary/aromatic N) is 1. The molecule has 4 aliphatic rings. The normalized spacial score (nSPS) is 20.7. The summed E-state index contributed by atoms with van der Waals surface area (Å²) < 4.78 is 6.48. The first-order chi connectivity index (χ1) is 24.8. The molecule has 6 aromatic rings. The summed E-state index contributed by atoms with van der Waals surface area (Å²) in [7, 11) is 0. The molecule has 240 valence electrons. The van der Waals surface area contributed by atoms with Crippen LogP contribution in [-0.2, 0) is 0 Å². The van der Waals surface area contributed by atoms with Gasteiger partial charge in [-0.1, -0.05) is 140 Å². The van der Waals surface area contributed by atoms with E-state index in [2.05, 4.69) is 175 Å². The van der Waals surface area contributed by atoms with Crippen LogP contribution in [0.5, 0.6) is 0 Å². The zero-order chi connectivity index (χ0) is 33.0. The maximum absolute atomic E-state index is 6.48. The molecule has 1 heterocycles. The van der Waals surface area contributed by atoms with Crippen molar-refractivity contribution in [1.82, 2.24) is 0 Å². The van der Waals surface area contributed by atoms with Crippen LogP contribution >= 0.6 is 0 Å². The number of anilines is 2. The molecule has 1 aromatic heterocycles. The fourth-order valence-corrected chi connectivity index (χ4v) is 8.83. The van der Waals surface area contributed by atoms with E-state index in [1.54, 1.807) is 0 Å². The molecule has 0 spiro atoms. The van der Waals surface area contributed by atoms with Crippen molar-refractivity contribution in [1.29, 1.82) is 0 Å². The first-order valence-corrected chi connectivity index (χ1v) is 17.9. The van der Waals surface area contributed by atoms with Crippen molar-refractivity contribution in [2.45, 2.75) is 31.2 Å². The van der Waals surface area contributed by atoms with E-state index in [4.69, 9.17) is 4.42 Å². The average molecular weight is 644 g/mol. The molecular weight excluding hydrogens is 607 g/mol. The standard InChI is InChI=1S/C48H37NO/c1-3-14-35(15-4-1)49(36-16-5-2-6-17-36)37-18-11-13-32(29-37)33-25-27-41-42-28-26-34(31-46(42)40-20-8-7-19-39(40)45(41)30-33)38-22-12-23-44-43-21-9-10-24-47(43)50-48(38)44/h1-25,27,30-31,37,39-40H,26,28-29H2. The number of benzene rings is 5. The van der Waals surface area contributed by atoms with Crippen molar-refractivity contribution in [3.05, 3.63) is 198 Å².